The van der Waals surface area contributed by atoms with E-state index in [4.69, 9.17) is 5.26 Å². The largest absolute Gasteiger partial charge is 0.323 e. The molecule has 0 saturated heterocycles. The lowest BCUT2D eigenvalue weighted by atomic mass is 9.89. The molecule has 0 radical (unpaired) electrons. The Morgan fingerprint density at radius 2 is 2.10 bits per heavy atom. The summed E-state index contributed by atoms with van der Waals surface area (Å²) in [4.78, 5) is 21.5. The zero-order valence-electron chi connectivity index (χ0n) is 17.0. The predicted molar refractivity (Wildman–Crippen MR) is 122 cm³/mol. The van der Waals surface area contributed by atoms with Gasteiger partial charge in [0.15, 0.2) is 5.13 Å². The van der Waals surface area contributed by atoms with E-state index in [9.17, 15) is 9.18 Å². The van der Waals surface area contributed by atoms with Gasteiger partial charge in [-0.25, -0.2) is 9.37 Å². The number of carbonyl (C=O) groups excluding carboxylic acids is 1. The lowest BCUT2D eigenvalue weighted by molar-refractivity contribution is -0.120. The molecule has 1 aliphatic rings. The van der Waals surface area contributed by atoms with E-state index in [1.807, 2.05) is 11.4 Å². The molecule has 0 bridgehead atoms. The molecular formula is C22H20FN5OS2. The number of nitriles is 1. The Morgan fingerprint density at radius 3 is 2.81 bits per heavy atom. The van der Waals surface area contributed by atoms with E-state index < -0.39 is 11.2 Å². The first-order valence-electron chi connectivity index (χ1n) is 9.71. The van der Waals surface area contributed by atoms with Crippen LogP contribution in [0.2, 0.25) is 0 Å². The fourth-order valence-electron chi connectivity index (χ4n) is 2.78. The van der Waals surface area contributed by atoms with Crippen molar-refractivity contribution in [3.8, 4) is 17.2 Å². The van der Waals surface area contributed by atoms with Gasteiger partial charge in [-0.1, -0.05) is 6.07 Å². The molecular weight excluding hydrogens is 433 g/mol. The number of carbonyl (C=O) groups is 1. The van der Waals surface area contributed by atoms with Crippen LogP contribution < -0.4 is 10.0 Å². The molecule has 0 atom stereocenters. The van der Waals surface area contributed by atoms with Gasteiger partial charge in [-0.3, -0.25) is 9.78 Å². The first-order chi connectivity index (χ1) is 14.9. The number of anilines is 2. The standard InChI is InChI=1S/C22H20FN5OS2/c1-22(2,19-12-30-21(27-19)28-31-16-4-5-16)20(29)26-18-6-3-14(8-17(18)23)15-7-13(9-24)10-25-11-15/h3,6-8,10-12,16H,4-5H2,1-2H3,(H,26,29)(H,27,28). The van der Waals surface area contributed by atoms with Gasteiger partial charge in [-0.2, -0.15) is 5.26 Å². The van der Waals surface area contributed by atoms with Crippen molar-refractivity contribution >= 4 is 40.0 Å². The van der Waals surface area contributed by atoms with Crippen molar-refractivity contribution in [2.75, 3.05) is 10.0 Å². The molecule has 0 spiro atoms. The number of aromatic nitrogens is 2. The van der Waals surface area contributed by atoms with Crippen LogP contribution >= 0.6 is 23.3 Å². The Bertz CT molecular complexity index is 1170. The molecule has 1 saturated carbocycles. The molecule has 6 nitrogen and oxygen atoms in total. The summed E-state index contributed by atoms with van der Waals surface area (Å²) in [6, 6.07) is 8.17. The second kappa shape index (κ2) is 8.65. The van der Waals surface area contributed by atoms with Crippen molar-refractivity contribution in [2.45, 2.75) is 37.4 Å². The molecule has 2 N–H and O–H groups in total. The third-order valence-corrected chi connectivity index (χ3v) is 6.97. The van der Waals surface area contributed by atoms with Gasteiger partial charge in [0.2, 0.25) is 5.91 Å². The highest BCUT2D eigenvalue weighted by Gasteiger charge is 2.33. The third kappa shape index (κ3) is 4.86. The van der Waals surface area contributed by atoms with Gasteiger partial charge in [0.1, 0.15) is 11.9 Å². The maximum Gasteiger partial charge on any atom is 0.236 e. The van der Waals surface area contributed by atoms with Gasteiger partial charge < -0.3 is 10.0 Å². The summed E-state index contributed by atoms with van der Waals surface area (Å²) in [5.74, 6) is -0.913. The molecule has 0 unspecified atom stereocenters. The molecule has 3 aromatic rings. The Morgan fingerprint density at radius 1 is 1.29 bits per heavy atom. The van der Waals surface area contributed by atoms with Crippen LogP contribution in [0.4, 0.5) is 15.2 Å². The quantitative estimate of drug-likeness (QED) is 0.468. The van der Waals surface area contributed by atoms with Crippen LogP contribution in [0.15, 0.2) is 42.0 Å². The summed E-state index contributed by atoms with van der Waals surface area (Å²) in [6.45, 7) is 3.53. The summed E-state index contributed by atoms with van der Waals surface area (Å²) in [5, 5.41) is 14.9. The van der Waals surface area contributed by atoms with E-state index >= 15 is 0 Å². The summed E-state index contributed by atoms with van der Waals surface area (Å²) in [7, 11) is 0. The van der Waals surface area contributed by atoms with Gasteiger partial charge in [-0.15, -0.1) is 11.3 Å². The zero-order chi connectivity index (χ0) is 22.0. The molecule has 2 aromatic heterocycles. The third-order valence-electron chi connectivity index (χ3n) is 4.97. The minimum Gasteiger partial charge on any atom is -0.323 e. The van der Waals surface area contributed by atoms with Crippen molar-refractivity contribution in [3.63, 3.8) is 0 Å². The van der Waals surface area contributed by atoms with Crippen LogP contribution in [0.25, 0.3) is 11.1 Å². The second-order valence-electron chi connectivity index (χ2n) is 7.81. The molecule has 31 heavy (non-hydrogen) atoms. The number of pyridine rings is 1. The topological polar surface area (TPSA) is 90.7 Å². The molecule has 2 heterocycles. The lowest BCUT2D eigenvalue weighted by Gasteiger charge is -2.22. The highest BCUT2D eigenvalue weighted by molar-refractivity contribution is 8.01. The van der Waals surface area contributed by atoms with Gasteiger partial charge in [0.25, 0.3) is 0 Å². The number of thiazole rings is 1. The Hall–Kier alpha value is -2.96. The normalized spacial score (nSPS) is 13.5. The number of nitrogens with zero attached hydrogens (tertiary/aromatic N) is 3. The number of hydrogen-bond donors (Lipinski definition) is 2. The van der Waals surface area contributed by atoms with Crippen molar-refractivity contribution in [2.24, 2.45) is 0 Å². The van der Waals surface area contributed by atoms with Crippen LogP contribution in [-0.2, 0) is 10.2 Å². The van der Waals surface area contributed by atoms with Gasteiger partial charge in [0, 0.05) is 28.6 Å². The minimum absolute atomic E-state index is 0.0871. The van der Waals surface area contributed by atoms with E-state index in [1.165, 1.54) is 42.5 Å². The van der Waals surface area contributed by atoms with Gasteiger partial charge in [-0.05, 0) is 62.4 Å². The van der Waals surface area contributed by atoms with Crippen molar-refractivity contribution in [3.05, 3.63) is 59.1 Å². The van der Waals surface area contributed by atoms with E-state index in [-0.39, 0.29) is 11.6 Å². The highest BCUT2D eigenvalue weighted by atomic mass is 32.2. The Labute approximate surface area is 188 Å². The van der Waals surface area contributed by atoms with Crippen molar-refractivity contribution < 1.29 is 9.18 Å². The fourth-order valence-corrected chi connectivity index (χ4v) is 4.52. The SMILES string of the molecule is CC(C)(C(=O)Nc1ccc(-c2cncc(C#N)c2)cc1F)c1csc(NSC2CC2)n1. The molecule has 4 rings (SSSR count). The van der Waals surface area contributed by atoms with Crippen LogP contribution in [0.1, 0.15) is 37.9 Å². The zero-order valence-corrected chi connectivity index (χ0v) is 18.6. The maximum atomic E-state index is 14.7. The Kier molecular flexibility index (Phi) is 5.94. The number of halogens is 1. The number of nitrogens with one attached hydrogen (secondary N) is 2. The van der Waals surface area contributed by atoms with Crippen molar-refractivity contribution in [1.82, 2.24) is 9.97 Å². The molecule has 1 aromatic carbocycles. The molecule has 1 fully saturated rings. The molecule has 158 valence electrons. The molecule has 9 heteroatoms. The fraction of sp³-hybridized carbons (Fsp3) is 0.273. The van der Waals surface area contributed by atoms with Crippen LogP contribution in [0, 0.1) is 17.1 Å². The summed E-state index contributed by atoms with van der Waals surface area (Å²) >= 11 is 3.11. The van der Waals surface area contributed by atoms with E-state index in [1.54, 1.807) is 44.1 Å². The molecule has 1 aliphatic carbocycles. The van der Waals surface area contributed by atoms with Gasteiger partial charge in [0.05, 0.1) is 22.4 Å². The lowest BCUT2D eigenvalue weighted by Crippen LogP contribution is -2.35. The summed E-state index contributed by atoms with van der Waals surface area (Å²) in [6.07, 6.45) is 5.44. The number of rotatable bonds is 7. The maximum absolute atomic E-state index is 14.7. The van der Waals surface area contributed by atoms with E-state index in [0.29, 0.717) is 27.6 Å². The molecule has 1 amide bonds. The van der Waals surface area contributed by atoms with E-state index in [2.05, 4.69) is 20.0 Å². The smallest absolute Gasteiger partial charge is 0.236 e. The number of hydrogen-bond acceptors (Lipinski definition) is 7. The number of benzene rings is 1. The van der Waals surface area contributed by atoms with Crippen LogP contribution in [-0.4, -0.2) is 21.1 Å². The second-order valence-corrected chi connectivity index (χ2v) is 9.77. The summed E-state index contributed by atoms with van der Waals surface area (Å²) < 4.78 is 18.0. The van der Waals surface area contributed by atoms with Crippen LogP contribution in [0.5, 0.6) is 0 Å². The number of amides is 1. The van der Waals surface area contributed by atoms with Crippen molar-refractivity contribution in [1.29, 1.82) is 5.26 Å². The van der Waals surface area contributed by atoms with Crippen LogP contribution in [0.3, 0.4) is 0 Å². The average Bonchev–Trinajstić information content (AvgIpc) is 3.48. The molecule has 0 aliphatic heterocycles. The summed E-state index contributed by atoms with van der Waals surface area (Å²) in [5.41, 5.74) is 1.38. The average molecular weight is 454 g/mol. The monoisotopic (exact) mass is 453 g/mol. The first-order valence-corrected chi connectivity index (χ1v) is 11.5. The Balaban J connectivity index is 1.47. The van der Waals surface area contributed by atoms with Gasteiger partial charge >= 0.3 is 0 Å². The first kappa shape index (κ1) is 21.3. The van der Waals surface area contributed by atoms with E-state index in [0.717, 1.165) is 5.13 Å². The highest BCUT2D eigenvalue weighted by Crippen LogP contribution is 2.36. The predicted octanol–water partition coefficient (Wildman–Crippen LogP) is 5.35. The minimum atomic E-state index is -0.934.